The first-order valence-corrected chi connectivity index (χ1v) is 6.18. The fraction of sp³-hybridized carbons (Fsp3) is 0.750. The number of rotatable bonds is 2. The van der Waals surface area contributed by atoms with Gasteiger partial charge in [0.1, 0.15) is 6.33 Å². The summed E-state index contributed by atoms with van der Waals surface area (Å²) in [5.74, 6) is 0.907. The topological polar surface area (TPSA) is 77.0 Å². The van der Waals surface area contributed by atoms with Crippen LogP contribution in [0.4, 0.5) is 0 Å². The Kier molecular flexibility index (Phi) is 2.93. The molecule has 1 aromatic heterocycles. The van der Waals surface area contributed by atoms with Gasteiger partial charge in [0.05, 0.1) is 12.0 Å². The highest BCUT2D eigenvalue weighted by molar-refractivity contribution is 5.83. The summed E-state index contributed by atoms with van der Waals surface area (Å²) in [7, 11) is 0. The fourth-order valence-electron chi connectivity index (χ4n) is 1.91. The molecule has 0 aliphatic carbocycles. The van der Waals surface area contributed by atoms with E-state index in [1.165, 1.54) is 0 Å². The first-order valence-electron chi connectivity index (χ1n) is 6.18. The Bertz CT molecular complexity index is 457. The monoisotopic (exact) mass is 251 g/mol. The van der Waals surface area contributed by atoms with Gasteiger partial charge in [-0.25, -0.2) is 0 Å². The van der Waals surface area contributed by atoms with Crippen LogP contribution in [0.1, 0.15) is 33.5 Å². The smallest absolute Gasteiger partial charge is 0.230 e. The van der Waals surface area contributed by atoms with E-state index in [0.29, 0.717) is 13.1 Å². The number of amides is 1. The van der Waals surface area contributed by atoms with E-state index in [1.807, 2.05) is 37.2 Å². The first-order chi connectivity index (χ1) is 8.23. The Hall–Kier alpha value is -1.43. The molecular formula is C12H21N5O. The lowest BCUT2D eigenvalue weighted by atomic mass is 9.74. The molecule has 6 nitrogen and oxygen atoms in total. The molecule has 1 aliphatic rings. The molecule has 2 N–H and O–H groups in total. The highest BCUT2D eigenvalue weighted by atomic mass is 16.2. The lowest BCUT2D eigenvalue weighted by molar-refractivity contribution is -0.145. The molecule has 0 aromatic carbocycles. The Morgan fingerprint density at radius 3 is 2.61 bits per heavy atom. The number of hydrogen-bond acceptors (Lipinski definition) is 4. The maximum Gasteiger partial charge on any atom is 0.230 e. The number of hydrogen-bond donors (Lipinski definition) is 1. The summed E-state index contributed by atoms with van der Waals surface area (Å²) in [6.45, 7) is 9.51. The van der Waals surface area contributed by atoms with Crippen LogP contribution >= 0.6 is 0 Å². The van der Waals surface area contributed by atoms with Gasteiger partial charge >= 0.3 is 0 Å². The van der Waals surface area contributed by atoms with Gasteiger partial charge in [-0.2, -0.15) is 0 Å². The van der Waals surface area contributed by atoms with Crippen molar-refractivity contribution in [3.8, 4) is 0 Å². The highest BCUT2D eigenvalue weighted by Gasteiger charge is 2.43. The van der Waals surface area contributed by atoms with E-state index in [4.69, 9.17) is 5.73 Å². The Morgan fingerprint density at radius 1 is 1.33 bits per heavy atom. The molecule has 0 bridgehead atoms. The SMILES string of the molecule is CC(C)(N)C(C)(C)C(=O)N1CCn2cnnc2C1. The molecule has 0 saturated heterocycles. The van der Waals surface area contributed by atoms with Crippen LogP contribution in [0.5, 0.6) is 0 Å². The van der Waals surface area contributed by atoms with E-state index >= 15 is 0 Å². The number of aromatic nitrogens is 3. The minimum atomic E-state index is -0.602. The van der Waals surface area contributed by atoms with Crippen molar-refractivity contribution in [1.82, 2.24) is 19.7 Å². The zero-order valence-electron chi connectivity index (χ0n) is 11.5. The average molecular weight is 251 g/mol. The molecule has 6 heteroatoms. The van der Waals surface area contributed by atoms with E-state index < -0.39 is 11.0 Å². The second-order valence-electron chi connectivity index (χ2n) is 6.01. The van der Waals surface area contributed by atoms with Gasteiger partial charge in [0.25, 0.3) is 0 Å². The van der Waals surface area contributed by atoms with Gasteiger partial charge in [0.2, 0.25) is 5.91 Å². The number of carbonyl (C=O) groups is 1. The molecule has 0 atom stereocenters. The number of fused-ring (bicyclic) bond motifs is 1. The summed E-state index contributed by atoms with van der Waals surface area (Å²) in [6, 6.07) is 0. The molecule has 2 rings (SSSR count). The van der Waals surface area contributed by atoms with Gasteiger partial charge in [-0.3, -0.25) is 4.79 Å². The maximum atomic E-state index is 12.6. The van der Waals surface area contributed by atoms with Crippen molar-refractivity contribution >= 4 is 5.91 Å². The summed E-state index contributed by atoms with van der Waals surface area (Å²) in [5.41, 5.74) is 4.95. The number of nitrogens with zero attached hydrogens (tertiary/aromatic N) is 4. The Balaban J connectivity index is 2.17. The zero-order valence-corrected chi connectivity index (χ0v) is 11.5. The molecule has 18 heavy (non-hydrogen) atoms. The van der Waals surface area contributed by atoms with Crippen LogP contribution in [-0.4, -0.2) is 37.7 Å². The standard InChI is InChI=1S/C12H21N5O/c1-11(2,12(3,4)13)10(18)16-5-6-17-8-14-15-9(17)7-16/h8H,5-7,13H2,1-4H3. The van der Waals surface area contributed by atoms with Gasteiger partial charge in [0.15, 0.2) is 5.82 Å². The first kappa shape index (κ1) is 13.0. The van der Waals surface area contributed by atoms with Crippen LogP contribution in [-0.2, 0) is 17.9 Å². The van der Waals surface area contributed by atoms with Gasteiger partial charge in [-0.15, -0.1) is 10.2 Å². The van der Waals surface area contributed by atoms with Crippen LogP contribution in [0, 0.1) is 5.41 Å². The lowest BCUT2D eigenvalue weighted by Gasteiger charge is -2.41. The van der Waals surface area contributed by atoms with Crippen molar-refractivity contribution < 1.29 is 4.79 Å². The summed E-state index contributed by atoms with van der Waals surface area (Å²) in [6.07, 6.45) is 1.70. The number of nitrogens with two attached hydrogens (primary N) is 1. The van der Waals surface area contributed by atoms with Crippen LogP contribution in [0.25, 0.3) is 0 Å². The molecule has 2 heterocycles. The largest absolute Gasteiger partial charge is 0.333 e. The quantitative estimate of drug-likeness (QED) is 0.824. The third-order valence-electron chi connectivity index (χ3n) is 4.07. The van der Waals surface area contributed by atoms with Crippen molar-refractivity contribution in [2.24, 2.45) is 11.1 Å². The van der Waals surface area contributed by atoms with Gasteiger partial charge in [-0.05, 0) is 27.7 Å². The Morgan fingerprint density at radius 2 is 2.00 bits per heavy atom. The van der Waals surface area contributed by atoms with Crippen LogP contribution in [0.3, 0.4) is 0 Å². The molecule has 1 aliphatic heterocycles. The molecular weight excluding hydrogens is 230 g/mol. The van der Waals surface area contributed by atoms with Crippen molar-refractivity contribution in [3.05, 3.63) is 12.2 Å². The van der Waals surface area contributed by atoms with Gasteiger partial charge < -0.3 is 15.2 Å². The van der Waals surface area contributed by atoms with Gasteiger partial charge in [0, 0.05) is 18.6 Å². The molecule has 1 amide bonds. The highest BCUT2D eigenvalue weighted by Crippen LogP contribution is 2.31. The summed E-state index contributed by atoms with van der Waals surface area (Å²) in [5, 5.41) is 7.88. The predicted molar refractivity (Wildman–Crippen MR) is 67.5 cm³/mol. The van der Waals surface area contributed by atoms with E-state index in [1.54, 1.807) is 6.33 Å². The zero-order chi connectivity index (χ0) is 13.6. The third-order valence-corrected chi connectivity index (χ3v) is 4.07. The number of carbonyl (C=O) groups excluding carboxylic acids is 1. The van der Waals surface area contributed by atoms with Gasteiger partial charge in [-0.1, -0.05) is 0 Å². The van der Waals surface area contributed by atoms with E-state index in [9.17, 15) is 4.79 Å². The molecule has 1 aromatic rings. The molecule has 0 radical (unpaired) electrons. The molecule has 0 saturated carbocycles. The predicted octanol–water partition coefficient (Wildman–Crippen LogP) is 0.384. The molecule has 0 fully saturated rings. The van der Waals surface area contributed by atoms with Crippen LogP contribution < -0.4 is 5.73 Å². The fourth-order valence-corrected chi connectivity index (χ4v) is 1.91. The third kappa shape index (κ3) is 2.01. The minimum absolute atomic E-state index is 0.0734. The van der Waals surface area contributed by atoms with Crippen LogP contribution in [0.15, 0.2) is 6.33 Å². The van der Waals surface area contributed by atoms with Crippen molar-refractivity contribution in [2.75, 3.05) is 6.54 Å². The summed E-state index contributed by atoms with van der Waals surface area (Å²) >= 11 is 0. The molecule has 0 unspecified atom stereocenters. The average Bonchev–Trinajstić information content (AvgIpc) is 2.73. The molecule has 0 spiro atoms. The molecule has 100 valence electrons. The van der Waals surface area contributed by atoms with Crippen LogP contribution in [0.2, 0.25) is 0 Å². The normalized spacial score (nSPS) is 16.6. The van der Waals surface area contributed by atoms with Crippen molar-refractivity contribution in [2.45, 2.75) is 46.3 Å². The van der Waals surface area contributed by atoms with E-state index in [-0.39, 0.29) is 5.91 Å². The van der Waals surface area contributed by atoms with Crippen molar-refractivity contribution in [3.63, 3.8) is 0 Å². The second-order valence-corrected chi connectivity index (χ2v) is 6.01. The second kappa shape index (κ2) is 4.05. The summed E-state index contributed by atoms with van der Waals surface area (Å²) in [4.78, 5) is 14.4. The Labute approximate surface area is 107 Å². The van der Waals surface area contributed by atoms with E-state index in [2.05, 4.69) is 10.2 Å². The minimum Gasteiger partial charge on any atom is -0.333 e. The van der Waals surface area contributed by atoms with Crippen molar-refractivity contribution in [1.29, 1.82) is 0 Å². The van der Waals surface area contributed by atoms with E-state index in [0.717, 1.165) is 12.4 Å². The maximum absolute atomic E-state index is 12.6. The summed E-state index contributed by atoms with van der Waals surface area (Å²) < 4.78 is 1.98. The lowest BCUT2D eigenvalue weighted by Crippen LogP contribution is -2.57.